The number of carbonyl (C=O) groups excluding carboxylic acids is 2. The first-order chi connectivity index (χ1) is 15.0. The number of nitrogens with one attached hydrogen (secondary N) is 1. The van der Waals surface area contributed by atoms with Gasteiger partial charge < -0.3 is 5.73 Å². The predicted molar refractivity (Wildman–Crippen MR) is 117 cm³/mol. The lowest BCUT2D eigenvalue weighted by molar-refractivity contribution is 0.0980. The van der Waals surface area contributed by atoms with Gasteiger partial charge in [0.15, 0.2) is 11.6 Å². The molecule has 9 nitrogen and oxygen atoms in total. The molecule has 0 saturated heterocycles. The van der Waals surface area contributed by atoms with Crippen LogP contribution < -0.4 is 10.5 Å². The van der Waals surface area contributed by atoms with Crippen molar-refractivity contribution >= 4 is 43.1 Å². The van der Waals surface area contributed by atoms with Gasteiger partial charge >= 0.3 is 0 Å². The van der Waals surface area contributed by atoms with Gasteiger partial charge in [0.25, 0.3) is 10.1 Å². The summed E-state index contributed by atoms with van der Waals surface area (Å²) >= 11 is 0. The largest absolute Gasteiger partial charge is 0.397 e. The van der Waals surface area contributed by atoms with E-state index in [1.807, 2.05) is 0 Å². The minimum absolute atomic E-state index is 0.0118. The third kappa shape index (κ3) is 3.77. The van der Waals surface area contributed by atoms with Gasteiger partial charge in [0.1, 0.15) is 4.90 Å². The standard InChI is InChI=1S/C21H16N2O7S2/c22-19-16(32(28,29)30)10-15(23-31(26,27)11-12-6-2-1-3-7-12)17-18(19)21(25)14-9-5-4-8-13(14)20(17)24/h1-10,23H,11,22H2,(H,28,29,30). The summed E-state index contributed by atoms with van der Waals surface area (Å²) in [6, 6.07) is 14.7. The lowest BCUT2D eigenvalue weighted by atomic mass is 9.82. The van der Waals surface area contributed by atoms with E-state index in [4.69, 9.17) is 5.73 Å². The molecule has 3 aromatic carbocycles. The van der Waals surface area contributed by atoms with Crippen LogP contribution in [-0.2, 0) is 25.9 Å². The summed E-state index contributed by atoms with van der Waals surface area (Å²) in [5, 5.41) is 0. The van der Waals surface area contributed by atoms with Crippen LogP contribution in [0.5, 0.6) is 0 Å². The van der Waals surface area contributed by atoms with E-state index < -0.39 is 59.3 Å². The molecule has 4 rings (SSSR count). The number of sulfonamides is 1. The second kappa shape index (κ2) is 7.55. The van der Waals surface area contributed by atoms with Crippen LogP contribution in [0.4, 0.5) is 11.4 Å². The molecule has 0 radical (unpaired) electrons. The number of carbonyl (C=O) groups is 2. The van der Waals surface area contributed by atoms with Crippen LogP contribution in [0.25, 0.3) is 0 Å². The Morgan fingerprint density at radius 3 is 1.91 bits per heavy atom. The molecule has 0 unspecified atom stereocenters. The fourth-order valence-electron chi connectivity index (χ4n) is 3.58. The average Bonchev–Trinajstić information content (AvgIpc) is 2.72. The summed E-state index contributed by atoms with van der Waals surface area (Å²) in [4.78, 5) is 25.4. The predicted octanol–water partition coefficient (Wildman–Crippen LogP) is 2.23. The van der Waals surface area contributed by atoms with Gasteiger partial charge in [-0.3, -0.25) is 18.9 Å². The molecule has 0 spiro atoms. The molecule has 1 aliphatic rings. The molecule has 0 aromatic heterocycles. The Balaban J connectivity index is 1.93. The first-order valence-corrected chi connectivity index (χ1v) is 12.3. The zero-order chi connectivity index (χ0) is 23.3. The number of anilines is 2. The number of fused-ring (bicyclic) bond motifs is 2. The summed E-state index contributed by atoms with van der Waals surface area (Å²) < 4.78 is 61.1. The lowest BCUT2D eigenvalue weighted by Gasteiger charge is -2.23. The third-order valence-corrected chi connectivity index (χ3v) is 7.08. The zero-order valence-electron chi connectivity index (χ0n) is 16.3. The molecule has 3 aromatic rings. The van der Waals surface area contributed by atoms with Gasteiger partial charge in [0.2, 0.25) is 10.0 Å². The van der Waals surface area contributed by atoms with Crippen molar-refractivity contribution < 1.29 is 31.0 Å². The molecule has 0 aliphatic heterocycles. The minimum Gasteiger partial charge on any atom is -0.397 e. The highest BCUT2D eigenvalue weighted by molar-refractivity contribution is 7.92. The maximum Gasteiger partial charge on any atom is 0.296 e. The summed E-state index contributed by atoms with van der Waals surface area (Å²) in [6.45, 7) is 0. The van der Waals surface area contributed by atoms with Crippen LogP contribution in [0, 0.1) is 0 Å². The van der Waals surface area contributed by atoms with Crippen molar-refractivity contribution in [2.24, 2.45) is 0 Å². The van der Waals surface area contributed by atoms with Crippen LogP contribution in [0.3, 0.4) is 0 Å². The number of benzene rings is 3. The Hall–Kier alpha value is -3.54. The molecule has 0 bridgehead atoms. The van der Waals surface area contributed by atoms with Crippen molar-refractivity contribution in [2.75, 3.05) is 10.5 Å². The molecule has 164 valence electrons. The monoisotopic (exact) mass is 472 g/mol. The van der Waals surface area contributed by atoms with E-state index in [9.17, 15) is 31.0 Å². The molecule has 4 N–H and O–H groups in total. The summed E-state index contributed by atoms with van der Waals surface area (Å²) in [6.07, 6.45) is 0. The van der Waals surface area contributed by atoms with Gasteiger partial charge in [-0.1, -0.05) is 54.6 Å². The zero-order valence-corrected chi connectivity index (χ0v) is 17.9. The fourth-order valence-corrected chi connectivity index (χ4v) is 5.43. The van der Waals surface area contributed by atoms with E-state index in [-0.39, 0.29) is 16.7 Å². The number of hydrogen-bond acceptors (Lipinski definition) is 7. The first kappa shape index (κ1) is 21.7. The van der Waals surface area contributed by atoms with E-state index in [0.29, 0.717) is 5.56 Å². The maximum absolute atomic E-state index is 13.2. The summed E-state index contributed by atoms with van der Waals surface area (Å²) in [5.41, 5.74) is 4.34. The van der Waals surface area contributed by atoms with E-state index in [0.717, 1.165) is 6.07 Å². The van der Waals surface area contributed by atoms with Crippen molar-refractivity contribution in [3.63, 3.8) is 0 Å². The van der Waals surface area contributed by atoms with Crippen molar-refractivity contribution in [2.45, 2.75) is 10.6 Å². The van der Waals surface area contributed by atoms with Crippen LogP contribution in [0.15, 0.2) is 65.6 Å². The molecule has 0 amide bonds. The fraction of sp³-hybridized carbons (Fsp3) is 0.0476. The maximum atomic E-state index is 13.2. The van der Waals surface area contributed by atoms with E-state index in [2.05, 4.69) is 4.72 Å². The van der Waals surface area contributed by atoms with Gasteiger partial charge in [-0.15, -0.1) is 0 Å². The van der Waals surface area contributed by atoms with Gasteiger partial charge in [0.05, 0.1) is 28.3 Å². The van der Waals surface area contributed by atoms with Crippen LogP contribution in [0.1, 0.15) is 37.4 Å². The SMILES string of the molecule is Nc1c(S(=O)(=O)O)cc(NS(=O)(=O)Cc2ccccc2)c2c1C(=O)c1ccccc1C2=O. The lowest BCUT2D eigenvalue weighted by Crippen LogP contribution is -2.27. The highest BCUT2D eigenvalue weighted by atomic mass is 32.2. The number of nitrogens with two attached hydrogens (primary N) is 1. The Morgan fingerprint density at radius 1 is 0.812 bits per heavy atom. The number of rotatable bonds is 5. The van der Waals surface area contributed by atoms with E-state index in [1.54, 1.807) is 30.3 Å². The Bertz CT molecular complexity index is 1500. The van der Waals surface area contributed by atoms with Crippen molar-refractivity contribution in [1.29, 1.82) is 0 Å². The molecule has 1 aliphatic carbocycles. The van der Waals surface area contributed by atoms with Crippen molar-refractivity contribution in [1.82, 2.24) is 0 Å². The average molecular weight is 473 g/mol. The Labute approximate surface area is 183 Å². The molecular weight excluding hydrogens is 456 g/mol. The van der Waals surface area contributed by atoms with Gasteiger partial charge in [-0.2, -0.15) is 8.42 Å². The summed E-state index contributed by atoms with van der Waals surface area (Å²) in [7, 11) is -9.09. The molecule has 0 fully saturated rings. The van der Waals surface area contributed by atoms with Crippen molar-refractivity contribution in [3.8, 4) is 0 Å². The molecular formula is C21H16N2O7S2. The normalized spacial score (nSPS) is 13.4. The van der Waals surface area contributed by atoms with E-state index >= 15 is 0 Å². The smallest absolute Gasteiger partial charge is 0.296 e. The highest BCUT2D eigenvalue weighted by Gasteiger charge is 2.37. The Kier molecular flexibility index (Phi) is 5.12. The van der Waals surface area contributed by atoms with Crippen LogP contribution in [0.2, 0.25) is 0 Å². The molecule has 0 heterocycles. The van der Waals surface area contributed by atoms with Crippen LogP contribution in [-0.4, -0.2) is 33.0 Å². The van der Waals surface area contributed by atoms with Crippen molar-refractivity contribution in [3.05, 3.63) is 88.5 Å². The topological polar surface area (TPSA) is 161 Å². The number of hydrogen-bond donors (Lipinski definition) is 3. The minimum atomic E-state index is -4.95. The number of ketones is 2. The second-order valence-corrected chi connectivity index (χ2v) is 10.2. The first-order valence-electron chi connectivity index (χ1n) is 9.16. The van der Waals surface area contributed by atoms with E-state index in [1.165, 1.54) is 24.3 Å². The van der Waals surface area contributed by atoms with Gasteiger partial charge in [-0.05, 0) is 11.6 Å². The quantitative estimate of drug-likeness (QED) is 0.294. The highest BCUT2D eigenvalue weighted by Crippen LogP contribution is 2.39. The molecule has 32 heavy (non-hydrogen) atoms. The van der Waals surface area contributed by atoms with Gasteiger partial charge in [0, 0.05) is 11.1 Å². The van der Waals surface area contributed by atoms with Gasteiger partial charge in [-0.25, -0.2) is 8.42 Å². The number of nitrogen functional groups attached to an aromatic ring is 1. The summed E-state index contributed by atoms with van der Waals surface area (Å²) in [5.74, 6) is -1.95. The molecule has 0 atom stereocenters. The molecule has 0 saturated carbocycles. The Morgan fingerprint density at radius 2 is 1.34 bits per heavy atom. The third-order valence-electron chi connectivity index (χ3n) is 4.94. The molecule has 11 heteroatoms. The van der Waals surface area contributed by atoms with Crippen LogP contribution >= 0.6 is 0 Å². The second-order valence-electron chi connectivity index (χ2n) is 7.11.